The van der Waals surface area contributed by atoms with Crippen LogP contribution in [-0.2, 0) is 6.42 Å². The van der Waals surface area contributed by atoms with Crippen LogP contribution in [0.5, 0.6) is 0 Å². The van der Waals surface area contributed by atoms with Crippen molar-refractivity contribution in [2.24, 2.45) is 0 Å². The Bertz CT molecular complexity index is 501. The number of aromatic nitrogens is 2. The van der Waals surface area contributed by atoms with Crippen molar-refractivity contribution in [3.63, 3.8) is 0 Å². The van der Waals surface area contributed by atoms with Crippen LogP contribution in [0, 0.1) is 0 Å². The standard InChI is InChI=1S/C10H13N3O2/c14-6-11-4-3-7-1-2-8-9(5-7)13-10(15)12-8/h1-2,5,11,14H,3-4,6H2,(H2,12,13,15). The molecule has 2 rings (SSSR count). The van der Waals surface area contributed by atoms with Crippen LogP contribution in [0.3, 0.4) is 0 Å². The second-order valence-electron chi connectivity index (χ2n) is 3.37. The van der Waals surface area contributed by atoms with Gasteiger partial charge in [-0.15, -0.1) is 0 Å². The van der Waals surface area contributed by atoms with E-state index >= 15 is 0 Å². The van der Waals surface area contributed by atoms with Gasteiger partial charge in [-0.25, -0.2) is 4.79 Å². The van der Waals surface area contributed by atoms with Crippen molar-refractivity contribution in [2.75, 3.05) is 13.3 Å². The van der Waals surface area contributed by atoms with Crippen molar-refractivity contribution >= 4 is 11.0 Å². The Balaban J connectivity index is 2.19. The van der Waals surface area contributed by atoms with E-state index in [4.69, 9.17) is 5.11 Å². The lowest BCUT2D eigenvalue weighted by Crippen LogP contribution is -2.17. The number of H-pyrrole nitrogens is 2. The Morgan fingerprint density at radius 3 is 2.87 bits per heavy atom. The van der Waals surface area contributed by atoms with Crippen LogP contribution in [0.25, 0.3) is 11.0 Å². The number of fused-ring (bicyclic) bond motifs is 1. The smallest absolute Gasteiger partial charge is 0.323 e. The van der Waals surface area contributed by atoms with Gasteiger partial charge in [-0.2, -0.15) is 0 Å². The zero-order chi connectivity index (χ0) is 10.7. The monoisotopic (exact) mass is 207 g/mol. The van der Waals surface area contributed by atoms with Gasteiger partial charge in [0, 0.05) is 6.54 Å². The number of aliphatic hydroxyl groups excluding tert-OH is 1. The van der Waals surface area contributed by atoms with Crippen LogP contribution in [0.2, 0.25) is 0 Å². The highest BCUT2D eigenvalue weighted by Gasteiger charge is 1.99. The maximum Gasteiger partial charge on any atom is 0.323 e. The van der Waals surface area contributed by atoms with Gasteiger partial charge in [-0.05, 0) is 24.1 Å². The van der Waals surface area contributed by atoms with Crippen LogP contribution in [0.1, 0.15) is 5.56 Å². The molecule has 0 atom stereocenters. The molecule has 5 nitrogen and oxygen atoms in total. The predicted octanol–water partition coefficient (Wildman–Crippen LogP) is -0.0619. The minimum Gasteiger partial charge on any atom is -0.381 e. The highest BCUT2D eigenvalue weighted by atomic mass is 16.3. The van der Waals surface area contributed by atoms with E-state index in [2.05, 4.69) is 15.3 Å². The fourth-order valence-electron chi connectivity index (χ4n) is 1.55. The second kappa shape index (κ2) is 4.29. The third-order valence-electron chi connectivity index (χ3n) is 2.28. The van der Waals surface area contributed by atoms with Gasteiger partial charge in [0.2, 0.25) is 0 Å². The number of benzene rings is 1. The molecule has 15 heavy (non-hydrogen) atoms. The molecule has 2 aromatic rings. The molecule has 0 radical (unpaired) electrons. The van der Waals surface area contributed by atoms with Gasteiger partial charge in [0.25, 0.3) is 0 Å². The average molecular weight is 207 g/mol. The number of hydrogen-bond donors (Lipinski definition) is 4. The molecule has 0 aliphatic rings. The van der Waals surface area contributed by atoms with Crippen molar-refractivity contribution in [3.8, 4) is 0 Å². The molecule has 4 N–H and O–H groups in total. The molecule has 0 amide bonds. The maximum atomic E-state index is 11.0. The van der Waals surface area contributed by atoms with E-state index in [1.54, 1.807) is 0 Å². The zero-order valence-corrected chi connectivity index (χ0v) is 8.21. The molecule has 5 heteroatoms. The lowest BCUT2D eigenvalue weighted by atomic mass is 10.1. The molecular formula is C10H13N3O2. The Labute approximate surface area is 86.1 Å². The molecule has 0 spiro atoms. The average Bonchev–Trinajstić information content (AvgIpc) is 2.57. The molecule has 0 aliphatic carbocycles. The summed E-state index contributed by atoms with van der Waals surface area (Å²) < 4.78 is 0. The van der Waals surface area contributed by atoms with E-state index in [9.17, 15) is 4.79 Å². The van der Waals surface area contributed by atoms with Crippen LogP contribution >= 0.6 is 0 Å². The SMILES string of the molecule is O=c1[nH]c2ccc(CCNCO)cc2[nH]1. The van der Waals surface area contributed by atoms with Crippen molar-refractivity contribution in [1.82, 2.24) is 15.3 Å². The molecule has 80 valence electrons. The largest absolute Gasteiger partial charge is 0.381 e. The van der Waals surface area contributed by atoms with Gasteiger partial charge in [0.15, 0.2) is 0 Å². The first kappa shape index (κ1) is 9.95. The summed E-state index contributed by atoms with van der Waals surface area (Å²) in [7, 11) is 0. The maximum absolute atomic E-state index is 11.0. The molecular weight excluding hydrogens is 194 g/mol. The fourth-order valence-corrected chi connectivity index (χ4v) is 1.55. The Hall–Kier alpha value is -1.59. The van der Waals surface area contributed by atoms with E-state index in [-0.39, 0.29) is 12.4 Å². The predicted molar refractivity (Wildman–Crippen MR) is 57.7 cm³/mol. The van der Waals surface area contributed by atoms with Gasteiger partial charge in [-0.3, -0.25) is 5.32 Å². The van der Waals surface area contributed by atoms with Crippen LogP contribution in [0.15, 0.2) is 23.0 Å². The highest BCUT2D eigenvalue weighted by molar-refractivity contribution is 5.74. The summed E-state index contributed by atoms with van der Waals surface area (Å²) in [5, 5.41) is 11.4. The third-order valence-corrected chi connectivity index (χ3v) is 2.28. The van der Waals surface area contributed by atoms with Gasteiger partial charge in [-0.1, -0.05) is 6.07 Å². The number of imidazole rings is 1. The number of aliphatic hydroxyl groups is 1. The van der Waals surface area contributed by atoms with Gasteiger partial charge >= 0.3 is 5.69 Å². The fraction of sp³-hybridized carbons (Fsp3) is 0.300. The lowest BCUT2D eigenvalue weighted by Gasteiger charge is -2.01. The molecule has 0 aliphatic heterocycles. The van der Waals surface area contributed by atoms with Gasteiger partial charge < -0.3 is 15.1 Å². The molecule has 0 saturated carbocycles. The third kappa shape index (κ3) is 2.26. The lowest BCUT2D eigenvalue weighted by molar-refractivity contribution is 0.262. The normalized spacial score (nSPS) is 11.0. The van der Waals surface area contributed by atoms with Crippen molar-refractivity contribution < 1.29 is 5.11 Å². The Morgan fingerprint density at radius 2 is 2.07 bits per heavy atom. The first-order valence-electron chi connectivity index (χ1n) is 4.82. The van der Waals surface area contributed by atoms with E-state index in [0.29, 0.717) is 0 Å². The molecule has 1 aromatic carbocycles. The van der Waals surface area contributed by atoms with E-state index in [1.807, 2.05) is 18.2 Å². The number of nitrogens with one attached hydrogen (secondary N) is 3. The first-order valence-corrected chi connectivity index (χ1v) is 4.82. The molecule has 0 fully saturated rings. The summed E-state index contributed by atoms with van der Waals surface area (Å²) in [5.41, 5.74) is 2.58. The van der Waals surface area contributed by atoms with Crippen LogP contribution in [-0.4, -0.2) is 28.4 Å². The molecule has 0 saturated heterocycles. The highest BCUT2D eigenvalue weighted by Crippen LogP contribution is 2.10. The van der Waals surface area contributed by atoms with Gasteiger partial charge in [0.1, 0.15) is 0 Å². The number of rotatable bonds is 4. The van der Waals surface area contributed by atoms with E-state index in [0.717, 1.165) is 29.6 Å². The minimum absolute atomic E-state index is 0.0107. The molecule has 0 bridgehead atoms. The van der Waals surface area contributed by atoms with Crippen molar-refractivity contribution in [1.29, 1.82) is 0 Å². The quantitative estimate of drug-likeness (QED) is 0.419. The van der Waals surface area contributed by atoms with Crippen molar-refractivity contribution in [2.45, 2.75) is 6.42 Å². The van der Waals surface area contributed by atoms with Gasteiger partial charge in [0.05, 0.1) is 17.8 Å². The number of hydrogen-bond acceptors (Lipinski definition) is 3. The second-order valence-corrected chi connectivity index (χ2v) is 3.37. The summed E-state index contributed by atoms with van der Waals surface area (Å²) in [6, 6.07) is 5.78. The summed E-state index contributed by atoms with van der Waals surface area (Å²) in [4.78, 5) is 16.4. The Kier molecular flexibility index (Phi) is 2.84. The van der Waals surface area contributed by atoms with E-state index in [1.165, 1.54) is 0 Å². The summed E-state index contributed by atoms with van der Waals surface area (Å²) >= 11 is 0. The van der Waals surface area contributed by atoms with Crippen LogP contribution < -0.4 is 11.0 Å². The minimum atomic E-state index is -0.185. The molecule has 0 unspecified atom stereocenters. The topological polar surface area (TPSA) is 80.9 Å². The van der Waals surface area contributed by atoms with Crippen molar-refractivity contribution in [3.05, 3.63) is 34.2 Å². The molecule has 1 heterocycles. The van der Waals surface area contributed by atoms with Crippen LogP contribution in [0.4, 0.5) is 0 Å². The summed E-state index contributed by atoms with van der Waals surface area (Å²) in [6.07, 6.45) is 0.823. The number of aromatic amines is 2. The molecule has 1 aromatic heterocycles. The van der Waals surface area contributed by atoms with E-state index < -0.39 is 0 Å². The zero-order valence-electron chi connectivity index (χ0n) is 8.21. The summed E-state index contributed by atoms with van der Waals surface area (Å²) in [5.74, 6) is 0. The summed E-state index contributed by atoms with van der Waals surface area (Å²) in [6.45, 7) is 0.708. The Morgan fingerprint density at radius 1 is 1.27 bits per heavy atom. The first-order chi connectivity index (χ1) is 7.29.